The van der Waals surface area contributed by atoms with Gasteiger partial charge in [-0.15, -0.1) is 0 Å². The van der Waals surface area contributed by atoms with Gasteiger partial charge in [-0.1, -0.05) is 48.8 Å². The summed E-state index contributed by atoms with van der Waals surface area (Å²) in [6.45, 7) is 2.56. The highest BCUT2D eigenvalue weighted by Gasteiger charge is 2.00. The summed E-state index contributed by atoms with van der Waals surface area (Å²) in [5.41, 5.74) is 0. The molecule has 0 aliphatic carbocycles. The lowest BCUT2D eigenvalue weighted by atomic mass is 10.1. The van der Waals surface area contributed by atoms with E-state index < -0.39 is 0 Å². The first-order valence-corrected chi connectivity index (χ1v) is 5.30. The van der Waals surface area contributed by atoms with Gasteiger partial charge in [0.25, 0.3) is 0 Å². The fraction of sp³-hybridized carbons (Fsp3) is 1.00. The SMILES string of the molecule is CCCCCC(I)CCO. The minimum absolute atomic E-state index is 0.347. The lowest BCUT2D eigenvalue weighted by molar-refractivity contribution is 0.286. The fourth-order valence-electron chi connectivity index (χ4n) is 0.900. The summed E-state index contributed by atoms with van der Waals surface area (Å²) >= 11 is 2.42. The van der Waals surface area contributed by atoms with Crippen LogP contribution in [0.1, 0.15) is 39.0 Å². The molecule has 0 aromatic rings. The largest absolute Gasteiger partial charge is 0.396 e. The third kappa shape index (κ3) is 6.81. The van der Waals surface area contributed by atoms with Crippen molar-refractivity contribution >= 4 is 22.6 Å². The van der Waals surface area contributed by atoms with Gasteiger partial charge in [-0.3, -0.25) is 0 Å². The van der Waals surface area contributed by atoms with Crippen LogP contribution in [0.5, 0.6) is 0 Å². The summed E-state index contributed by atoms with van der Waals surface area (Å²) in [7, 11) is 0. The molecule has 2 heteroatoms. The summed E-state index contributed by atoms with van der Waals surface area (Å²) in [5.74, 6) is 0. The number of aliphatic hydroxyl groups is 1. The van der Waals surface area contributed by atoms with Gasteiger partial charge in [-0.05, 0) is 12.8 Å². The molecule has 0 saturated carbocycles. The van der Waals surface area contributed by atoms with Crippen molar-refractivity contribution in [3.63, 3.8) is 0 Å². The topological polar surface area (TPSA) is 20.2 Å². The van der Waals surface area contributed by atoms with Gasteiger partial charge < -0.3 is 5.11 Å². The van der Waals surface area contributed by atoms with Gasteiger partial charge in [-0.25, -0.2) is 0 Å². The average molecular weight is 256 g/mol. The maximum atomic E-state index is 8.59. The smallest absolute Gasteiger partial charge is 0.0441 e. The highest BCUT2D eigenvalue weighted by atomic mass is 127. The van der Waals surface area contributed by atoms with Crippen molar-refractivity contribution in [2.75, 3.05) is 6.61 Å². The Morgan fingerprint density at radius 1 is 1.30 bits per heavy atom. The Hall–Kier alpha value is 0.690. The number of hydrogen-bond donors (Lipinski definition) is 1. The van der Waals surface area contributed by atoms with Gasteiger partial charge in [0.2, 0.25) is 0 Å². The molecule has 0 rings (SSSR count). The maximum absolute atomic E-state index is 8.59. The maximum Gasteiger partial charge on any atom is 0.0441 e. The number of aliphatic hydroxyl groups excluding tert-OH is 1. The van der Waals surface area contributed by atoms with Crippen molar-refractivity contribution in [1.29, 1.82) is 0 Å². The molecular formula is C8H17IO. The van der Waals surface area contributed by atoms with E-state index in [1.807, 2.05) is 0 Å². The number of halogens is 1. The second-order valence-electron chi connectivity index (χ2n) is 2.61. The molecule has 1 unspecified atom stereocenters. The average Bonchev–Trinajstić information content (AvgIpc) is 1.89. The number of rotatable bonds is 6. The van der Waals surface area contributed by atoms with E-state index in [0.29, 0.717) is 10.5 Å². The minimum atomic E-state index is 0.347. The lowest BCUT2D eigenvalue weighted by Gasteiger charge is -2.05. The molecule has 0 fully saturated rings. The highest BCUT2D eigenvalue weighted by Crippen LogP contribution is 2.14. The molecule has 1 N–H and O–H groups in total. The van der Waals surface area contributed by atoms with E-state index in [2.05, 4.69) is 29.5 Å². The van der Waals surface area contributed by atoms with E-state index in [1.165, 1.54) is 25.7 Å². The first-order chi connectivity index (χ1) is 4.81. The number of unbranched alkanes of at least 4 members (excludes halogenated alkanes) is 2. The zero-order valence-electron chi connectivity index (χ0n) is 6.65. The molecule has 0 radical (unpaired) electrons. The third-order valence-corrected chi connectivity index (χ3v) is 2.81. The van der Waals surface area contributed by atoms with E-state index in [0.717, 1.165) is 6.42 Å². The van der Waals surface area contributed by atoms with Gasteiger partial charge in [0.1, 0.15) is 0 Å². The van der Waals surface area contributed by atoms with E-state index in [1.54, 1.807) is 0 Å². The molecule has 0 spiro atoms. The van der Waals surface area contributed by atoms with Gasteiger partial charge in [0.05, 0.1) is 0 Å². The van der Waals surface area contributed by atoms with Gasteiger partial charge in [-0.2, -0.15) is 0 Å². The second kappa shape index (κ2) is 7.79. The molecular weight excluding hydrogens is 239 g/mol. The Labute approximate surface area is 77.3 Å². The summed E-state index contributed by atoms with van der Waals surface area (Å²) in [4.78, 5) is 0. The summed E-state index contributed by atoms with van der Waals surface area (Å²) < 4.78 is 0.689. The molecule has 0 amide bonds. The van der Waals surface area contributed by atoms with Crippen LogP contribution in [0.4, 0.5) is 0 Å². The predicted molar refractivity (Wildman–Crippen MR) is 53.7 cm³/mol. The van der Waals surface area contributed by atoms with Crippen LogP contribution in [0.25, 0.3) is 0 Å². The monoisotopic (exact) mass is 256 g/mol. The Bertz CT molecular complexity index is 66.3. The van der Waals surface area contributed by atoms with Crippen molar-refractivity contribution in [2.45, 2.75) is 43.0 Å². The van der Waals surface area contributed by atoms with Crippen molar-refractivity contribution in [2.24, 2.45) is 0 Å². The molecule has 0 bridgehead atoms. The summed E-state index contributed by atoms with van der Waals surface area (Å²) in [6.07, 6.45) is 6.19. The van der Waals surface area contributed by atoms with E-state index in [-0.39, 0.29) is 0 Å². The van der Waals surface area contributed by atoms with Crippen LogP contribution in [-0.4, -0.2) is 15.6 Å². The van der Waals surface area contributed by atoms with Crippen LogP contribution < -0.4 is 0 Å². The molecule has 1 atom stereocenters. The molecule has 62 valence electrons. The Morgan fingerprint density at radius 3 is 2.50 bits per heavy atom. The summed E-state index contributed by atoms with van der Waals surface area (Å²) in [6, 6.07) is 0. The van der Waals surface area contributed by atoms with E-state index in [9.17, 15) is 0 Å². The van der Waals surface area contributed by atoms with Crippen LogP contribution in [0.2, 0.25) is 0 Å². The van der Waals surface area contributed by atoms with Crippen molar-refractivity contribution < 1.29 is 5.11 Å². The van der Waals surface area contributed by atoms with E-state index in [4.69, 9.17) is 5.11 Å². The molecule has 10 heavy (non-hydrogen) atoms. The fourth-order valence-corrected chi connectivity index (χ4v) is 1.62. The predicted octanol–water partition coefficient (Wildman–Crippen LogP) is 2.75. The molecule has 0 saturated heterocycles. The number of hydrogen-bond acceptors (Lipinski definition) is 1. The first-order valence-electron chi connectivity index (χ1n) is 4.06. The summed E-state index contributed by atoms with van der Waals surface area (Å²) in [5, 5.41) is 8.59. The van der Waals surface area contributed by atoms with Crippen molar-refractivity contribution in [3.05, 3.63) is 0 Å². The molecule has 0 aliphatic heterocycles. The van der Waals surface area contributed by atoms with Gasteiger partial charge >= 0.3 is 0 Å². The number of alkyl halides is 1. The first kappa shape index (κ1) is 10.7. The van der Waals surface area contributed by atoms with Crippen LogP contribution in [0.15, 0.2) is 0 Å². The van der Waals surface area contributed by atoms with Crippen molar-refractivity contribution in [3.8, 4) is 0 Å². The zero-order chi connectivity index (χ0) is 7.82. The van der Waals surface area contributed by atoms with Crippen LogP contribution in [0, 0.1) is 0 Å². The van der Waals surface area contributed by atoms with Crippen molar-refractivity contribution in [1.82, 2.24) is 0 Å². The Kier molecular flexibility index (Phi) is 8.33. The standard InChI is InChI=1S/C8H17IO/c1-2-3-4-5-8(9)6-7-10/h8,10H,2-7H2,1H3. The zero-order valence-corrected chi connectivity index (χ0v) is 8.80. The Balaban J connectivity index is 2.97. The molecule has 0 aliphatic rings. The minimum Gasteiger partial charge on any atom is -0.396 e. The third-order valence-electron chi connectivity index (χ3n) is 1.56. The van der Waals surface area contributed by atoms with Crippen LogP contribution in [-0.2, 0) is 0 Å². The van der Waals surface area contributed by atoms with Gasteiger partial charge in [0.15, 0.2) is 0 Å². The normalized spacial score (nSPS) is 13.5. The van der Waals surface area contributed by atoms with Crippen LogP contribution >= 0.6 is 22.6 Å². The Morgan fingerprint density at radius 2 is 2.00 bits per heavy atom. The quantitative estimate of drug-likeness (QED) is 0.440. The molecule has 0 heterocycles. The highest BCUT2D eigenvalue weighted by molar-refractivity contribution is 14.1. The molecule has 0 aromatic heterocycles. The lowest BCUT2D eigenvalue weighted by Crippen LogP contribution is -1.99. The van der Waals surface area contributed by atoms with Crippen LogP contribution in [0.3, 0.4) is 0 Å². The van der Waals surface area contributed by atoms with Gasteiger partial charge in [0, 0.05) is 10.5 Å². The van der Waals surface area contributed by atoms with E-state index >= 15 is 0 Å². The molecule has 1 nitrogen and oxygen atoms in total. The second-order valence-corrected chi connectivity index (χ2v) is 4.37. The molecule has 0 aromatic carbocycles.